The molecule has 1 saturated heterocycles. The van der Waals surface area contributed by atoms with Gasteiger partial charge in [0.25, 0.3) is 0 Å². The molecule has 1 aromatic heterocycles. The van der Waals surface area contributed by atoms with E-state index in [4.69, 9.17) is 0 Å². The SMILES string of the molecule is CCN(c1nccc(Nc2ccccc2C(C)C)n1)C1CCS(=O)(=O)C1. The predicted molar refractivity (Wildman–Crippen MR) is 106 cm³/mol. The number of benzene rings is 1. The Morgan fingerprint density at radius 1 is 1.27 bits per heavy atom. The fourth-order valence-electron chi connectivity index (χ4n) is 3.39. The smallest absolute Gasteiger partial charge is 0.227 e. The summed E-state index contributed by atoms with van der Waals surface area (Å²) in [6.07, 6.45) is 2.35. The summed E-state index contributed by atoms with van der Waals surface area (Å²) in [6.45, 7) is 6.99. The Morgan fingerprint density at radius 2 is 2.04 bits per heavy atom. The average molecular weight is 375 g/mol. The zero-order chi connectivity index (χ0) is 18.7. The molecule has 7 heteroatoms. The average Bonchev–Trinajstić information content (AvgIpc) is 2.96. The van der Waals surface area contributed by atoms with Crippen LogP contribution in [0, 0.1) is 0 Å². The van der Waals surface area contributed by atoms with Gasteiger partial charge in [0.05, 0.1) is 11.5 Å². The Labute approximate surface area is 155 Å². The van der Waals surface area contributed by atoms with Crippen LogP contribution in [-0.2, 0) is 9.84 Å². The van der Waals surface area contributed by atoms with Crippen molar-refractivity contribution >= 4 is 27.3 Å². The molecule has 6 nitrogen and oxygen atoms in total. The lowest BCUT2D eigenvalue weighted by Crippen LogP contribution is -2.37. The molecule has 1 fully saturated rings. The van der Waals surface area contributed by atoms with E-state index >= 15 is 0 Å². The number of nitrogens with one attached hydrogen (secondary N) is 1. The van der Waals surface area contributed by atoms with E-state index in [-0.39, 0.29) is 17.5 Å². The molecule has 0 bridgehead atoms. The van der Waals surface area contributed by atoms with Crippen LogP contribution < -0.4 is 10.2 Å². The fourth-order valence-corrected chi connectivity index (χ4v) is 5.12. The second kappa shape index (κ2) is 7.61. The zero-order valence-electron chi connectivity index (χ0n) is 15.5. The van der Waals surface area contributed by atoms with Gasteiger partial charge < -0.3 is 10.2 Å². The van der Waals surface area contributed by atoms with E-state index in [1.54, 1.807) is 6.20 Å². The van der Waals surface area contributed by atoms with Crippen LogP contribution in [0.3, 0.4) is 0 Å². The van der Waals surface area contributed by atoms with Gasteiger partial charge in [-0.05, 0) is 37.0 Å². The van der Waals surface area contributed by atoms with Gasteiger partial charge in [-0.3, -0.25) is 0 Å². The number of anilines is 3. The Balaban J connectivity index is 1.84. The van der Waals surface area contributed by atoms with Crippen LogP contribution in [-0.4, -0.2) is 42.5 Å². The summed E-state index contributed by atoms with van der Waals surface area (Å²) >= 11 is 0. The molecule has 0 amide bonds. The van der Waals surface area contributed by atoms with E-state index in [1.807, 2.05) is 36.1 Å². The normalized spacial score (nSPS) is 18.8. The number of rotatable bonds is 6. The standard InChI is InChI=1S/C19H26N4O2S/c1-4-23(15-10-12-26(24,25)13-15)19-20-11-9-18(22-19)21-17-8-6-5-7-16(17)14(2)3/h5-9,11,14-15H,4,10,12-13H2,1-3H3,(H,20,21,22). The third kappa shape index (κ3) is 4.15. The van der Waals surface area contributed by atoms with Gasteiger partial charge in [0.2, 0.25) is 5.95 Å². The summed E-state index contributed by atoms with van der Waals surface area (Å²) in [4.78, 5) is 11.0. The van der Waals surface area contributed by atoms with E-state index < -0.39 is 9.84 Å². The minimum Gasteiger partial charge on any atom is -0.340 e. The number of sulfone groups is 1. The van der Waals surface area contributed by atoms with Gasteiger partial charge in [0.1, 0.15) is 5.82 Å². The van der Waals surface area contributed by atoms with Crippen molar-refractivity contribution in [2.24, 2.45) is 0 Å². The first kappa shape index (κ1) is 18.6. The minimum absolute atomic E-state index is 0.0526. The molecule has 3 rings (SSSR count). The van der Waals surface area contributed by atoms with E-state index in [0.717, 1.165) is 5.69 Å². The van der Waals surface area contributed by atoms with E-state index in [0.29, 0.717) is 30.6 Å². The molecule has 26 heavy (non-hydrogen) atoms. The van der Waals surface area contributed by atoms with Crippen molar-refractivity contribution in [1.29, 1.82) is 0 Å². The number of hydrogen-bond acceptors (Lipinski definition) is 6. The number of para-hydroxylation sites is 1. The summed E-state index contributed by atoms with van der Waals surface area (Å²) in [7, 11) is -2.95. The van der Waals surface area contributed by atoms with Crippen molar-refractivity contribution < 1.29 is 8.42 Å². The molecule has 0 saturated carbocycles. The van der Waals surface area contributed by atoms with E-state index in [2.05, 4.69) is 35.2 Å². The zero-order valence-corrected chi connectivity index (χ0v) is 16.3. The lowest BCUT2D eigenvalue weighted by Gasteiger charge is -2.27. The Morgan fingerprint density at radius 3 is 2.69 bits per heavy atom. The second-order valence-electron chi connectivity index (χ2n) is 6.95. The van der Waals surface area contributed by atoms with Gasteiger partial charge in [0, 0.05) is 24.5 Å². The van der Waals surface area contributed by atoms with Gasteiger partial charge >= 0.3 is 0 Å². The predicted octanol–water partition coefficient (Wildman–Crippen LogP) is 3.36. The van der Waals surface area contributed by atoms with Crippen LogP contribution in [0.25, 0.3) is 0 Å². The minimum atomic E-state index is -2.95. The molecule has 0 radical (unpaired) electrons. The Kier molecular flexibility index (Phi) is 5.46. The summed E-state index contributed by atoms with van der Waals surface area (Å²) < 4.78 is 23.6. The first-order chi connectivity index (χ1) is 12.4. The van der Waals surface area contributed by atoms with Gasteiger partial charge in [-0.1, -0.05) is 32.0 Å². The van der Waals surface area contributed by atoms with Crippen molar-refractivity contribution in [3.05, 3.63) is 42.1 Å². The van der Waals surface area contributed by atoms with Crippen LogP contribution in [0.15, 0.2) is 36.5 Å². The maximum atomic E-state index is 11.8. The molecular formula is C19H26N4O2S. The van der Waals surface area contributed by atoms with Crippen LogP contribution in [0.4, 0.5) is 17.5 Å². The third-order valence-electron chi connectivity index (χ3n) is 4.74. The molecule has 0 spiro atoms. The molecule has 1 unspecified atom stereocenters. The van der Waals surface area contributed by atoms with Crippen LogP contribution in [0.2, 0.25) is 0 Å². The lowest BCUT2D eigenvalue weighted by molar-refractivity contribution is 0.599. The highest BCUT2D eigenvalue weighted by Crippen LogP contribution is 2.27. The lowest BCUT2D eigenvalue weighted by atomic mass is 10.0. The molecule has 1 aliphatic heterocycles. The maximum absolute atomic E-state index is 11.8. The molecule has 1 atom stereocenters. The highest BCUT2D eigenvalue weighted by molar-refractivity contribution is 7.91. The maximum Gasteiger partial charge on any atom is 0.227 e. The molecule has 1 aliphatic rings. The van der Waals surface area contributed by atoms with Gasteiger partial charge in [-0.15, -0.1) is 0 Å². The van der Waals surface area contributed by atoms with Crippen LogP contribution >= 0.6 is 0 Å². The third-order valence-corrected chi connectivity index (χ3v) is 6.49. The van der Waals surface area contributed by atoms with E-state index in [1.165, 1.54) is 5.56 Å². The summed E-state index contributed by atoms with van der Waals surface area (Å²) in [5.74, 6) is 2.10. The molecule has 140 valence electrons. The second-order valence-corrected chi connectivity index (χ2v) is 9.18. The van der Waals surface area contributed by atoms with Crippen LogP contribution in [0.1, 0.15) is 38.7 Å². The largest absolute Gasteiger partial charge is 0.340 e. The quantitative estimate of drug-likeness (QED) is 0.836. The number of nitrogens with zero attached hydrogens (tertiary/aromatic N) is 3. The molecule has 1 N–H and O–H groups in total. The molecule has 2 aromatic rings. The number of aromatic nitrogens is 2. The van der Waals surface area contributed by atoms with Crippen molar-refractivity contribution in [1.82, 2.24) is 9.97 Å². The highest BCUT2D eigenvalue weighted by Gasteiger charge is 2.32. The molecule has 0 aliphatic carbocycles. The molecule has 1 aromatic carbocycles. The first-order valence-corrected chi connectivity index (χ1v) is 10.9. The van der Waals surface area contributed by atoms with Crippen molar-refractivity contribution in [2.75, 3.05) is 28.3 Å². The monoisotopic (exact) mass is 374 g/mol. The fraction of sp³-hybridized carbons (Fsp3) is 0.474. The first-order valence-electron chi connectivity index (χ1n) is 9.05. The highest BCUT2D eigenvalue weighted by atomic mass is 32.2. The van der Waals surface area contributed by atoms with E-state index in [9.17, 15) is 8.42 Å². The van der Waals surface area contributed by atoms with Crippen molar-refractivity contribution in [3.8, 4) is 0 Å². The van der Waals surface area contributed by atoms with Crippen molar-refractivity contribution in [2.45, 2.75) is 39.2 Å². The number of hydrogen-bond donors (Lipinski definition) is 1. The van der Waals surface area contributed by atoms with Gasteiger partial charge in [-0.25, -0.2) is 13.4 Å². The van der Waals surface area contributed by atoms with Crippen LogP contribution in [0.5, 0.6) is 0 Å². The van der Waals surface area contributed by atoms with Gasteiger partial charge in [-0.2, -0.15) is 4.98 Å². The van der Waals surface area contributed by atoms with Gasteiger partial charge in [0.15, 0.2) is 9.84 Å². The summed E-state index contributed by atoms with van der Waals surface area (Å²) in [6, 6.07) is 9.96. The summed E-state index contributed by atoms with van der Waals surface area (Å²) in [5.41, 5.74) is 2.25. The topological polar surface area (TPSA) is 75.2 Å². The Bertz CT molecular complexity index is 867. The Hall–Kier alpha value is -2.15. The molecular weight excluding hydrogens is 348 g/mol. The molecule has 2 heterocycles. The van der Waals surface area contributed by atoms with Crippen molar-refractivity contribution in [3.63, 3.8) is 0 Å². The summed E-state index contributed by atoms with van der Waals surface area (Å²) in [5, 5.41) is 3.38.